The molecular formula is C19H18F2N6O. The number of benzene rings is 1. The molecule has 0 atom stereocenters. The molecule has 2 aromatic heterocycles. The van der Waals surface area contributed by atoms with Crippen LogP contribution in [-0.2, 0) is 0 Å². The van der Waals surface area contributed by atoms with Crippen molar-refractivity contribution in [2.45, 2.75) is 18.8 Å². The normalized spacial score (nSPS) is 17.4. The molecule has 1 saturated carbocycles. The molecule has 0 radical (unpaired) electrons. The number of piperazine rings is 1. The number of nitrogens with zero attached hydrogens (tertiary/aromatic N) is 6. The fourth-order valence-electron chi connectivity index (χ4n) is 3.56. The van der Waals surface area contributed by atoms with Crippen molar-refractivity contribution in [1.29, 1.82) is 0 Å². The Morgan fingerprint density at radius 2 is 1.68 bits per heavy atom. The van der Waals surface area contributed by atoms with Gasteiger partial charge in [0.15, 0.2) is 11.5 Å². The lowest BCUT2D eigenvalue weighted by Crippen LogP contribution is -2.49. The number of hydrogen-bond acceptors (Lipinski definition) is 5. The van der Waals surface area contributed by atoms with Gasteiger partial charge in [-0.1, -0.05) is 6.07 Å². The molecule has 0 unspecified atom stereocenters. The Balaban J connectivity index is 1.32. The molecule has 28 heavy (non-hydrogen) atoms. The number of aromatic nitrogens is 4. The van der Waals surface area contributed by atoms with Crippen molar-refractivity contribution >= 4 is 17.4 Å². The molecule has 9 heteroatoms. The van der Waals surface area contributed by atoms with Gasteiger partial charge in [-0.3, -0.25) is 4.79 Å². The first kappa shape index (κ1) is 17.0. The fourth-order valence-corrected chi connectivity index (χ4v) is 3.56. The highest BCUT2D eigenvalue weighted by Crippen LogP contribution is 2.38. The van der Waals surface area contributed by atoms with Crippen molar-refractivity contribution in [2.75, 3.05) is 31.1 Å². The number of amides is 1. The SMILES string of the molecule is O=C(c1c(F)cccc1F)N1CCN(c2ccc3nnc(C4CC4)n3n2)CC1. The van der Waals surface area contributed by atoms with Crippen LogP contribution >= 0.6 is 0 Å². The lowest BCUT2D eigenvalue weighted by Gasteiger charge is -2.35. The summed E-state index contributed by atoms with van der Waals surface area (Å²) < 4.78 is 29.6. The third-order valence-electron chi connectivity index (χ3n) is 5.28. The van der Waals surface area contributed by atoms with Crippen molar-refractivity contribution in [2.24, 2.45) is 0 Å². The van der Waals surface area contributed by atoms with E-state index in [-0.39, 0.29) is 0 Å². The van der Waals surface area contributed by atoms with Crippen LogP contribution in [0.15, 0.2) is 30.3 Å². The van der Waals surface area contributed by atoms with Crippen molar-refractivity contribution in [1.82, 2.24) is 24.7 Å². The van der Waals surface area contributed by atoms with Crippen molar-refractivity contribution in [3.8, 4) is 0 Å². The first-order chi connectivity index (χ1) is 13.6. The molecule has 0 N–H and O–H groups in total. The third-order valence-corrected chi connectivity index (χ3v) is 5.28. The topological polar surface area (TPSA) is 66.6 Å². The number of carbonyl (C=O) groups is 1. The van der Waals surface area contributed by atoms with E-state index in [0.29, 0.717) is 32.1 Å². The van der Waals surface area contributed by atoms with Gasteiger partial charge in [0, 0.05) is 32.1 Å². The number of rotatable bonds is 3. The Morgan fingerprint density at radius 1 is 0.964 bits per heavy atom. The summed E-state index contributed by atoms with van der Waals surface area (Å²) in [6.07, 6.45) is 2.22. The van der Waals surface area contributed by atoms with Gasteiger partial charge >= 0.3 is 0 Å². The second-order valence-electron chi connectivity index (χ2n) is 7.17. The Morgan fingerprint density at radius 3 is 2.36 bits per heavy atom. The van der Waals surface area contributed by atoms with Gasteiger partial charge in [-0.25, -0.2) is 8.78 Å². The van der Waals surface area contributed by atoms with Crippen LogP contribution < -0.4 is 4.90 Å². The molecule has 0 bridgehead atoms. The zero-order chi connectivity index (χ0) is 19.3. The highest BCUT2D eigenvalue weighted by Gasteiger charge is 2.30. The summed E-state index contributed by atoms with van der Waals surface area (Å²) in [4.78, 5) is 16.1. The minimum Gasteiger partial charge on any atom is -0.352 e. The molecule has 0 spiro atoms. The molecule has 1 aliphatic carbocycles. The van der Waals surface area contributed by atoms with Gasteiger partial charge in [-0.2, -0.15) is 4.52 Å². The average Bonchev–Trinajstić information content (AvgIpc) is 3.46. The standard InChI is InChI=1S/C19H18F2N6O/c20-13-2-1-3-14(21)17(13)19(28)26-10-8-25(9-11-26)16-7-6-15-22-23-18(12-4-5-12)27(15)24-16/h1-3,6-7,12H,4-5,8-11H2. The molecular weight excluding hydrogens is 366 g/mol. The van der Waals surface area contributed by atoms with E-state index in [1.807, 2.05) is 12.1 Å². The summed E-state index contributed by atoms with van der Waals surface area (Å²) in [6, 6.07) is 7.22. The van der Waals surface area contributed by atoms with E-state index in [9.17, 15) is 13.6 Å². The molecule has 3 aromatic rings. The minimum atomic E-state index is -0.834. The molecule has 2 fully saturated rings. The molecule has 1 saturated heterocycles. The lowest BCUT2D eigenvalue weighted by molar-refractivity contribution is 0.0736. The number of halogens is 2. The summed E-state index contributed by atoms with van der Waals surface area (Å²) in [7, 11) is 0. The van der Waals surface area contributed by atoms with Crippen molar-refractivity contribution in [3.63, 3.8) is 0 Å². The third kappa shape index (κ3) is 2.87. The van der Waals surface area contributed by atoms with Gasteiger partial charge in [-0.15, -0.1) is 15.3 Å². The van der Waals surface area contributed by atoms with E-state index in [2.05, 4.69) is 20.2 Å². The van der Waals surface area contributed by atoms with E-state index < -0.39 is 23.1 Å². The molecule has 1 aliphatic heterocycles. The largest absolute Gasteiger partial charge is 0.352 e. The summed E-state index contributed by atoms with van der Waals surface area (Å²) in [5.74, 6) is -0.185. The smallest absolute Gasteiger partial charge is 0.259 e. The van der Waals surface area contributed by atoms with Crippen LogP contribution in [0.3, 0.4) is 0 Å². The summed E-state index contributed by atoms with van der Waals surface area (Å²) in [5.41, 5.74) is 0.226. The van der Waals surface area contributed by atoms with Crippen LogP contribution in [0.5, 0.6) is 0 Å². The van der Waals surface area contributed by atoms with E-state index >= 15 is 0 Å². The maximum absolute atomic E-state index is 13.9. The van der Waals surface area contributed by atoms with Crippen molar-refractivity contribution < 1.29 is 13.6 Å². The van der Waals surface area contributed by atoms with E-state index in [1.165, 1.54) is 11.0 Å². The Labute approximate surface area is 159 Å². The van der Waals surface area contributed by atoms with Crippen LogP contribution in [0.25, 0.3) is 5.65 Å². The first-order valence-electron chi connectivity index (χ1n) is 9.32. The predicted octanol–water partition coefficient (Wildman–Crippen LogP) is 2.24. The average molecular weight is 384 g/mol. The molecule has 5 rings (SSSR count). The van der Waals surface area contributed by atoms with Gasteiger partial charge in [0.2, 0.25) is 0 Å². The quantitative estimate of drug-likeness (QED) is 0.693. The number of fused-ring (bicyclic) bond motifs is 1. The van der Waals surface area contributed by atoms with E-state index in [4.69, 9.17) is 0 Å². The molecule has 144 valence electrons. The number of hydrogen-bond donors (Lipinski definition) is 0. The molecule has 7 nitrogen and oxygen atoms in total. The fraction of sp³-hybridized carbons (Fsp3) is 0.368. The zero-order valence-corrected chi connectivity index (χ0v) is 15.1. The molecule has 2 aliphatic rings. The second kappa shape index (κ2) is 6.50. The summed E-state index contributed by atoms with van der Waals surface area (Å²) in [5, 5.41) is 13.1. The zero-order valence-electron chi connectivity index (χ0n) is 15.1. The maximum atomic E-state index is 13.9. The van der Waals surface area contributed by atoms with Crippen LogP contribution in [0.2, 0.25) is 0 Å². The molecule has 3 heterocycles. The highest BCUT2D eigenvalue weighted by atomic mass is 19.1. The minimum absolute atomic E-state index is 0.365. The van der Waals surface area contributed by atoms with Crippen molar-refractivity contribution in [3.05, 3.63) is 53.4 Å². The number of anilines is 1. The maximum Gasteiger partial charge on any atom is 0.259 e. The Bertz CT molecular complexity index is 1040. The molecule has 1 aromatic carbocycles. The Hall–Kier alpha value is -3.10. The number of carbonyl (C=O) groups excluding carboxylic acids is 1. The lowest BCUT2D eigenvalue weighted by atomic mass is 10.1. The molecule has 1 amide bonds. The highest BCUT2D eigenvalue weighted by molar-refractivity contribution is 5.95. The second-order valence-corrected chi connectivity index (χ2v) is 7.17. The van der Waals surface area contributed by atoms with E-state index in [1.54, 1.807) is 4.52 Å². The van der Waals surface area contributed by atoms with Crippen LogP contribution in [-0.4, -0.2) is 56.8 Å². The van der Waals surface area contributed by atoms with Crippen LogP contribution in [0.4, 0.5) is 14.6 Å². The summed E-state index contributed by atoms with van der Waals surface area (Å²) in [6.45, 7) is 1.79. The van der Waals surface area contributed by atoms with Crippen LogP contribution in [0, 0.1) is 11.6 Å². The van der Waals surface area contributed by atoms with Crippen LogP contribution in [0.1, 0.15) is 34.9 Å². The van der Waals surface area contributed by atoms with Gasteiger partial charge in [-0.05, 0) is 37.1 Å². The van der Waals surface area contributed by atoms with Gasteiger partial charge in [0.25, 0.3) is 5.91 Å². The summed E-state index contributed by atoms with van der Waals surface area (Å²) >= 11 is 0. The predicted molar refractivity (Wildman–Crippen MR) is 97.2 cm³/mol. The Kier molecular flexibility index (Phi) is 3.96. The van der Waals surface area contributed by atoms with Gasteiger partial charge < -0.3 is 9.80 Å². The monoisotopic (exact) mass is 384 g/mol. The van der Waals surface area contributed by atoms with E-state index in [0.717, 1.165) is 42.3 Å². The van der Waals surface area contributed by atoms with Gasteiger partial charge in [0.05, 0.1) is 0 Å². The van der Waals surface area contributed by atoms with Gasteiger partial charge in [0.1, 0.15) is 23.0 Å². The first-order valence-corrected chi connectivity index (χ1v) is 9.32.